The standard InChI is InChI=1S/C17H12N2S2/c1-12-7-8-20-16(12)9-14(10-18)17-19-15(11-21-17)13-5-3-2-4-6-13/h2-9,11H,1H3. The Hall–Kier alpha value is -2.22. The van der Waals surface area contributed by atoms with Crippen molar-refractivity contribution in [3.8, 4) is 17.3 Å². The molecule has 21 heavy (non-hydrogen) atoms. The highest BCUT2D eigenvalue weighted by Gasteiger charge is 2.09. The van der Waals surface area contributed by atoms with Gasteiger partial charge < -0.3 is 0 Å². The molecule has 0 N–H and O–H groups in total. The van der Waals surface area contributed by atoms with Gasteiger partial charge in [-0.3, -0.25) is 0 Å². The highest BCUT2D eigenvalue weighted by Crippen LogP contribution is 2.28. The normalized spacial score (nSPS) is 11.3. The predicted octanol–water partition coefficient (Wildman–Crippen LogP) is 5.24. The Morgan fingerprint density at radius 1 is 1.19 bits per heavy atom. The second-order valence-electron chi connectivity index (χ2n) is 4.54. The van der Waals surface area contributed by atoms with Crippen LogP contribution < -0.4 is 0 Å². The SMILES string of the molecule is Cc1ccsc1C=C(C#N)c1nc(-c2ccccc2)cs1. The Morgan fingerprint density at radius 3 is 2.67 bits per heavy atom. The van der Waals surface area contributed by atoms with Gasteiger partial charge in [0.25, 0.3) is 0 Å². The van der Waals surface area contributed by atoms with Crippen molar-refractivity contribution in [1.82, 2.24) is 4.98 Å². The minimum Gasteiger partial charge on any atom is -0.235 e. The maximum atomic E-state index is 9.40. The minimum absolute atomic E-state index is 0.618. The molecule has 0 aliphatic carbocycles. The zero-order valence-electron chi connectivity index (χ0n) is 11.4. The summed E-state index contributed by atoms with van der Waals surface area (Å²) in [5, 5.41) is 14.2. The van der Waals surface area contributed by atoms with Gasteiger partial charge in [0.2, 0.25) is 0 Å². The van der Waals surface area contributed by atoms with Gasteiger partial charge in [0.1, 0.15) is 11.1 Å². The molecule has 2 aromatic heterocycles. The van der Waals surface area contributed by atoms with Gasteiger partial charge in [-0.25, -0.2) is 4.98 Å². The molecule has 0 aliphatic heterocycles. The first kappa shape index (κ1) is 13.7. The molecule has 1 aromatic carbocycles. The fourth-order valence-electron chi connectivity index (χ4n) is 1.94. The monoisotopic (exact) mass is 308 g/mol. The molecule has 4 heteroatoms. The van der Waals surface area contributed by atoms with Crippen molar-refractivity contribution in [1.29, 1.82) is 5.26 Å². The fourth-order valence-corrected chi connectivity index (χ4v) is 3.60. The molecule has 102 valence electrons. The van der Waals surface area contributed by atoms with Gasteiger partial charge in [-0.15, -0.1) is 22.7 Å². The van der Waals surface area contributed by atoms with Gasteiger partial charge in [0.15, 0.2) is 0 Å². The van der Waals surface area contributed by atoms with E-state index in [0.29, 0.717) is 5.57 Å². The van der Waals surface area contributed by atoms with Gasteiger partial charge >= 0.3 is 0 Å². The molecule has 0 aliphatic rings. The Kier molecular flexibility index (Phi) is 3.96. The largest absolute Gasteiger partial charge is 0.235 e. The smallest absolute Gasteiger partial charge is 0.134 e. The highest BCUT2D eigenvalue weighted by atomic mass is 32.1. The topological polar surface area (TPSA) is 36.7 Å². The van der Waals surface area contributed by atoms with Gasteiger partial charge in [-0.05, 0) is 30.0 Å². The number of benzene rings is 1. The van der Waals surface area contributed by atoms with E-state index in [2.05, 4.69) is 24.0 Å². The molecule has 3 rings (SSSR count). The molecule has 0 fully saturated rings. The molecule has 0 saturated carbocycles. The quantitative estimate of drug-likeness (QED) is 0.620. The van der Waals surface area contributed by atoms with E-state index in [9.17, 15) is 5.26 Å². The van der Waals surface area contributed by atoms with Crippen LogP contribution in [-0.2, 0) is 0 Å². The lowest BCUT2D eigenvalue weighted by Gasteiger charge is -1.95. The van der Waals surface area contributed by atoms with E-state index in [1.54, 1.807) is 11.3 Å². The van der Waals surface area contributed by atoms with Crippen LogP contribution in [0.5, 0.6) is 0 Å². The molecule has 0 radical (unpaired) electrons. The van der Waals surface area contributed by atoms with Crippen LogP contribution in [0.25, 0.3) is 22.9 Å². The number of aryl methyl sites for hydroxylation is 1. The summed E-state index contributed by atoms with van der Waals surface area (Å²) in [4.78, 5) is 5.71. The van der Waals surface area contributed by atoms with Crippen LogP contribution in [-0.4, -0.2) is 4.98 Å². The van der Waals surface area contributed by atoms with Crippen molar-refractivity contribution < 1.29 is 0 Å². The number of aromatic nitrogens is 1. The van der Waals surface area contributed by atoms with Crippen LogP contribution in [0.1, 0.15) is 15.4 Å². The lowest BCUT2D eigenvalue weighted by molar-refractivity contribution is 1.37. The molecule has 0 amide bonds. The zero-order valence-corrected chi connectivity index (χ0v) is 13.0. The van der Waals surface area contributed by atoms with Crippen molar-refractivity contribution >= 4 is 34.3 Å². The predicted molar refractivity (Wildman–Crippen MR) is 90.1 cm³/mol. The third-order valence-corrected chi connectivity index (χ3v) is 4.94. The molecule has 2 nitrogen and oxygen atoms in total. The first-order valence-corrected chi connectivity index (χ1v) is 8.21. The Labute approximate surface area is 131 Å². The van der Waals surface area contributed by atoms with E-state index in [0.717, 1.165) is 21.1 Å². The van der Waals surface area contributed by atoms with Crippen molar-refractivity contribution in [3.05, 3.63) is 62.6 Å². The second kappa shape index (κ2) is 6.04. The van der Waals surface area contributed by atoms with Crippen LogP contribution in [0.3, 0.4) is 0 Å². The van der Waals surface area contributed by atoms with Crippen molar-refractivity contribution in [2.45, 2.75) is 6.92 Å². The average Bonchev–Trinajstić information content (AvgIpc) is 3.15. The summed E-state index contributed by atoms with van der Waals surface area (Å²) >= 11 is 3.15. The average molecular weight is 308 g/mol. The minimum atomic E-state index is 0.618. The maximum Gasteiger partial charge on any atom is 0.134 e. The summed E-state index contributed by atoms with van der Waals surface area (Å²) in [7, 11) is 0. The summed E-state index contributed by atoms with van der Waals surface area (Å²) in [6, 6.07) is 14.3. The summed E-state index contributed by atoms with van der Waals surface area (Å²) < 4.78 is 0. The molecular weight excluding hydrogens is 296 g/mol. The first-order chi connectivity index (χ1) is 10.3. The number of nitriles is 1. The fraction of sp³-hybridized carbons (Fsp3) is 0.0588. The second-order valence-corrected chi connectivity index (χ2v) is 6.35. The number of thiophene rings is 1. The zero-order chi connectivity index (χ0) is 14.7. The number of thiazole rings is 1. The molecule has 2 heterocycles. The molecule has 3 aromatic rings. The number of hydrogen-bond acceptors (Lipinski definition) is 4. The van der Waals surface area contributed by atoms with E-state index in [1.165, 1.54) is 16.9 Å². The highest BCUT2D eigenvalue weighted by molar-refractivity contribution is 7.12. The van der Waals surface area contributed by atoms with Crippen molar-refractivity contribution in [3.63, 3.8) is 0 Å². The van der Waals surface area contributed by atoms with Gasteiger partial charge in [0.05, 0.1) is 11.3 Å². The van der Waals surface area contributed by atoms with E-state index >= 15 is 0 Å². The van der Waals surface area contributed by atoms with E-state index in [4.69, 9.17) is 0 Å². The number of nitrogens with zero attached hydrogens (tertiary/aromatic N) is 2. The molecule has 0 unspecified atom stereocenters. The Bertz CT molecular complexity index is 820. The van der Waals surface area contributed by atoms with Crippen molar-refractivity contribution in [2.75, 3.05) is 0 Å². The number of hydrogen-bond donors (Lipinski definition) is 0. The maximum absolute atomic E-state index is 9.40. The van der Waals surface area contributed by atoms with Crippen molar-refractivity contribution in [2.24, 2.45) is 0 Å². The van der Waals surface area contributed by atoms with Gasteiger partial charge in [-0.2, -0.15) is 5.26 Å². The summed E-state index contributed by atoms with van der Waals surface area (Å²) in [5.74, 6) is 0. The van der Waals surface area contributed by atoms with Crippen LogP contribution in [0.2, 0.25) is 0 Å². The molecular formula is C17H12N2S2. The summed E-state index contributed by atoms with van der Waals surface area (Å²) in [6.45, 7) is 2.05. The first-order valence-electron chi connectivity index (χ1n) is 6.45. The Balaban J connectivity index is 1.97. The van der Waals surface area contributed by atoms with Crippen LogP contribution in [0, 0.1) is 18.3 Å². The molecule has 0 atom stereocenters. The number of allylic oxidation sites excluding steroid dienone is 1. The van der Waals surface area contributed by atoms with Gasteiger partial charge in [-0.1, -0.05) is 30.3 Å². The van der Waals surface area contributed by atoms with Crippen LogP contribution >= 0.6 is 22.7 Å². The van der Waals surface area contributed by atoms with Crippen LogP contribution in [0.4, 0.5) is 0 Å². The summed E-state index contributed by atoms with van der Waals surface area (Å²) in [5.41, 5.74) is 3.80. The van der Waals surface area contributed by atoms with Crippen LogP contribution in [0.15, 0.2) is 47.2 Å². The van der Waals surface area contributed by atoms with E-state index in [-0.39, 0.29) is 0 Å². The lowest BCUT2D eigenvalue weighted by Crippen LogP contribution is -1.82. The summed E-state index contributed by atoms with van der Waals surface area (Å²) in [6.07, 6.45) is 1.92. The third-order valence-electron chi connectivity index (χ3n) is 3.10. The lowest BCUT2D eigenvalue weighted by atomic mass is 10.2. The molecule has 0 saturated heterocycles. The molecule has 0 bridgehead atoms. The van der Waals surface area contributed by atoms with E-state index in [1.807, 2.05) is 47.2 Å². The van der Waals surface area contributed by atoms with Gasteiger partial charge in [0, 0.05) is 15.8 Å². The third kappa shape index (κ3) is 2.94. The number of rotatable bonds is 3. The Morgan fingerprint density at radius 2 is 2.00 bits per heavy atom. The molecule has 0 spiro atoms. The van der Waals surface area contributed by atoms with E-state index < -0.39 is 0 Å².